The van der Waals surface area contributed by atoms with E-state index in [1.165, 1.54) is 0 Å². The fourth-order valence-corrected chi connectivity index (χ4v) is 1.92. The maximum Gasteiger partial charge on any atom is 0.325 e. The monoisotopic (exact) mass is 209 g/mol. The van der Waals surface area contributed by atoms with Crippen LogP contribution in [-0.4, -0.2) is 27.5 Å². The zero-order chi connectivity index (χ0) is 11.0. The van der Waals surface area contributed by atoms with E-state index >= 15 is 0 Å². The van der Waals surface area contributed by atoms with E-state index in [0.29, 0.717) is 18.2 Å². The minimum absolute atomic E-state index is 0.251. The third-order valence-electron chi connectivity index (χ3n) is 2.87. The Morgan fingerprint density at radius 2 is 2.00 bits per heavy atom. The molecule has 2 heterocycles. The van der Waals surface area contributed by atoms with Gasteiger partial charge in [0.25, 0.3) is 5.56 Å². The van der Waals surface area contributed by atoms with E-state index in [0.717, 1.165) is 18.7 Å². The molecule has 2 rings (SSSR count). The number of hydrogen-bond donors (Lipinski definition) is 2. The first-order chi connectivity index (χ1) is 7.08. The Morgan fingerprint density at radius 3 is 2.67 bits per heavy atom. The first-order valence-corrected chi connectivity index (χ1v) is 5.16. The Labute approximate surface area is 87.1 Å². The number of nitrogens with one attached hydrogen (secondary N) is 2. The lowest BCUT2D eigenvalue weighted by molar-refractivity contribution is 0.200. The number of H-pyrrole nitrogens is 2. The van der Waals surface area contributed by atoms with Crippen molar-refractivity contribution in [3.63, 3.8) is 0 Å². The molecule has 0 atom stereocenters. The molecule has 5 nitrogen and oxygen atoms in total. The summed E-state index contributed by atoms with van der Waals surface area (Å²) in [5.41, 5.74) is 0.839. The van der Waals surface area contributed by atoms with Gasteiger partial charge in [-0.1, -0.05) is 0 Å². The van der Waals surface area contributed by atoms with Gasteiger partial charge in [0, 0.05) is 31.2 Å². The second kappa shape index (κ2) is 3.66. The van der Waals surface area contributed by atoms with Gasteiger partial charge in [0.1, 0.15) is 0 Å². The highest BCUT2D eigenvalue weighted by atomic mass is 16.2. The van der Waals surface area contributed by atoms with Gasteiger partial charge in [-0.05, 0) is 13.8 Å². The second-order valence-corrected chi connectivity index (χ2v) is 4.18. The quantitative estimate of drug-likeness (QED) is 0.674. The molecular weight excluding hydrogens is 194 g/mol. The maximum atomic E-state index is 11.6. The molecule has 82 valence electrons. The van der Waals surface area contributed by atoms with E-state index < -0.39 is 5.69 Å². The van der Waals surface area contributed by atoms with E-state index in [-0.39, 0.29) is 5.56 Å². The third kappa shape index (κ3) is 1.87. The molecule has 0 fully saturated rings. The van der Waals surface area contributed by atoms with Crippen LogP contribution in [0, 0.1) is 0 Å². The topological polar surface area (TPSA) is 69.0 Å². The van der Waals surface area contributed by atoms with E-state index in [1.807, 2.05) is 0 Å². The van der Waals surface area contributed by atoms with Gasteiger partial charge in [-0.25, -0.2) is 4.79 Å². The molecule has 2 N–H and O–H groups in total. The van der Waals surface area contributed by atoms with Crippen LogP contribution in [0.2, 0.25) is 0 Å². The van der Waals surface area contributed by atoms with Crippen LogP contribution in [0.1, 0.15) is 25.1 Å². The van der Waals surface area contributed by atoms with Crippen molar-refractivity contribution in [3.8, 4) is 0 Å². The first kappa shape index (κ1) is 10.2. The van der Waals surface area contributed by atoms with Gasteiger partial charge in [0.05, 0.1) is 5.56 Å². The Kier molecular flexibility index (Phi) is 2.48. The summed E-state index contributed by atoms with van der Waals surface area (Å²) in [5, 5.41) is 0. The van der Waals surface area contributed by atoms with Crippen LogP contribution in [0.5, 0.6) is 0 Å². The number of rotatable bonds is 1. The molecule has 15 heavy (non-hydrogen) atoms. The summed E-state index contributed by atoms with van der Waals surface area (Å²) in [6, 6.07) is 0.421. The summed E-state index contributed by atoms with van der Waals surface area (Å²) in [4.78, 5) is 29.8. The van der Waals surface area contributed by atoms with Crippen molar-refractivity contribution in [1.82, 2.24) is 14.9 Å². The number of aromatic nitrogens is 2. The molecule has 1 aromatic rings. The molecule has 0 spiro atoms. The molecule has 0 saturated carbocycles. The third-order valence-corrected chi connectivity index (χ3v) is 2.87. The van der Waals surface area contributed by atoms with Crippen molar-refractivity contribution >= 4 is 0 Å². The standard InChI is InChI=1S/C10H15N3O2/c1-6(2)13-4-3-8-7(5-13)9(14)12-10(15)11-8/h6H,3-5H2,1-2H3,(H2,11,12,14,15). The van der Waals surface area contributed by atoms with Gasteiger partial charge in [-0.3, -0.25) is 14.7 Å². The van der Waals surface area contributed by atoms with E-state index in [2.05, 4.69) is 28.7 Å². The molecule has 0 radical (unpaired) electrons. The number of hydrogen-bond acceptors (Lipinski definition) is 3. The summed E-state index contributed by atoms with van der Waals surface area (Å²) in [7, 11) is 0. The molecule has 1 aromatic heterocycles. The van der Waals surface area contributed by atoms with Crippen LogP contribution in [0.15, 0.2) is 9.59 Å². The lowest BCUT2D eigenvalue weighted by Crippen LogP contribution is -2.41. The van der Waals surface area contributed by atoms with Crippen LogP contribution in [-0.2, 0) is 13.0 Å². The van der Waals surface area contributed by atoms with Gasteiger partial charge >= 0.3 is 5.69 Å². The summed E-state index contributed by atoms with van der Waals surface area (Å²) < 4.78 is 0. The molecule has 1 aliphatic rings. The summed E-state index contributed by atoms with van der Waals surface area (Å²) >= 11 is 0. The van der Waals surface area contributed by atoms with Crippen molar-refractivity contribution in [2.24, 2.45) is 0 Å². The van der Waals surface area contributed by atoms with Crippen LogP contribution < -0.4 is 11.2 Å². The normalized spacial score (nSPS) is 16.7. The lowest BCUT2D eigenvalue weighted by atomic mass is 10.1. The predicted octanol–water partition coefficient (Wildman–Crippen LogP) is -0.170. The van der Waals surface area contributed by atoms with Gasteiger partial charge in [0.15, 0.2) is 0 Å². The van der Waals surface area contributed by atoms with Crippen molar-refractivity contribution in [1.29, 1.82) is 0 Å². The van der Waals surface area contributed by atoms with E-state index in [4.69, 9.17) is 0 Å². The highest BCUT2D eigenvalue weighted by Crippen LogP contribution is 2.14. The Bertz CT molecular complexity index is 472. The van der Waals surface area contributed by atoms with Crippen molar-refractivity contribution in [3.05, 3.63) is 32.1 Å². The average molecular weight is 209 g/mol. The Balaban J connectivity index is 2.42. The van der Waals surface area contributed by atoms with Crippen LogP contribution in [0.25, 0.3) is 0 Å². The fourth-order valence-electron chi connectivity index (χ4n) is 1.92. The molecule has 0 amide bonds. The SMILES string of the molecule is CC(C)N1CCc2[nH]c(=O)[nH]c(=O)c2C1. The molecule has 0 aliphatic carbocycles. The van der Waals surface area contributed by atoms with Gasteiger partial charge in [-0.2, -0.15) is 0 Å². The van der Waals surface area contributed by atoms with Gasteiger partial charge in [0.2, 0.25) is 0 Å². The molecular formula is C10H15N3O2. The number of aromatic amines is 2. The van der Waals surface area contributed by atoms with Crippen LogP contribution >= 0.6 is 0 Å². The lowest BCUT2D eigenvalue weighted by Gasteiger charge is -2.30. The largest absolute Gasteiger partial charge is 0.325 e. The fraction of sp³-hybridized carbons (Fsp3) is 0.600. The Morgan fingerprint density at radius 1 is 1.27 bits per heavy atom. The summed E-state index contributed by atoms with van der Waals surface area (Å²) in [6.45, 7) is 5.72. The first-order valence-electron chi connectivity index (χ1n) is 5.16. The number of fused-ring (bicyclic) bond motifs is 1. The minimum atomic E-state index is -0.406. The maximum absolute atomic E-state index is 11.6. The van der Waals surface area contributed by atoms with E-state index in [9.17, 15) is 9.59 Å². The highest BCUT2D eigenvalue weighted by molar-refractivity contribution is 5.19. The highest BCUT2D eigenvalue weighted by Gasteiger charge is 2.21. The average Bonchev–Trinajstić information content (AvgIpc) is 2.16. The molecule has 1 aliphatic heterocycles. The number of nitrogens with zero attached hydrogens (tertiary/aromatic N) is 1. The molecule has 5 heteroatoms. The zero-order valence-electron chi connectivity index (χ0n) is 8.96. The summed E-state index contributed by atoms with van der Waals surface area (Å²) in [6.07, 6.45) is 0.743. The van der Waals surface area contributed by atoms with Crippen LogP contribution in [0.4, 0.5) is 0 Å². The Hall–Kier alpha value is -1.36. The molecule has 0 aromatic carbocycles. The predicted molar refractivity (Wildman–Crippen MR) is 56.9 cm³/mol. The van der Waals surface area contributed by atoms with Gasteiger partial charge in [-0.15, -0.1) is 0 Å². The molecule has 0 saturated heterocycles. The smallest absolute Gasteiger partial charge is 0.311 e. The summed E-state index contributed by atoms with van der Waals surface area (Å²) in [5.74, 6) is 0. The van der Waals surface area contributed by atoms with Crippen molar-refractivity contribution in [2.75, 3.05) is 6.54 Å². The van der Waals surface area contributed by atoms with E-state index in [1.54, 1.807) is 0 Å². The molecule has 0 bridgehead atoms. The van der Waals surface area contributed by atoms with Crippen molar-refractivity contribution < 1.29 is 0 Å². The molecule has 0 unspecified atom stereocenters. The zero-order valence-corrected chi connectivity index (χ0v) is 8.96. The van der Waals surface area contributed by atoms with Gasteiger partial charge < -0.3 is 4.98 Å². The van der Waals surface area contributed by atoms with Crippen molar-refractivity contribution in [2.45, 2.75) is 32.9 Å². The second-order valence-electron chi connectivity index (χ2n) is 4.18. The minimum Gasteiger partial charge on any atom is -0.311 e. The van der Waals surface area contributed by atoms with Crippen LogP contribution in [0.3, 0.4) is 0 Å².